The van der Waals surface area contributed by atoms with Crippen molar-refractivity contribution in [1.29, 1.82) is 0 Å². The fraction of sp³-hybridized carbons (Fsp3) is 0.833. The van der Waals surface area contributed by atoms with Gasteiger partial charge in [-0.3, -0.25) is 0 Å². The standard InChI is InChI=1S/2C6H12O7.Co/c2*7-1-2(8)3(9)4(10)5(11)6(12)13;/h2*2-5,7-11H,1H2,(H,12,13);/q;;+2/p-2/t2*2-,3-,4+,5-;/m11./s1. The molecule has 163 valence electrons. The number of aliphatic carboxylic acids is 2. The molecular weight excluding hydrogens is 427 g/mol. The Bertz CT molecular complexity index is 385. The van der Waals surface area contributed by atoms with Crippen LogP contribution in [-0.4, -0.2) is 125 Å². The largest absolute Gasteiger partial charge is 2.00 e. The van der Waals surface area contributed by atoms with Crippen molar-refractivity contribution in [2.75, 3.05) is 13.2 Å². The molecule has 14 nitrogen and oxygen atoms in total. The maximum absolute atomic E-state index is 9.98. The molecule has 8 atom stereocenters. The number of hydrogen-bond acceptors (Lipinski definition) is 14. The minimum absolute atomic E-state index is 0. The van der Waals surface area contributed by atoms with Gasteiger partial charge in [0.1, 0.15) is 48.8 Å². The third kappa shape index (κ3) is 10.8. The maximum Gasteiger partial charge on any atom is 2.00 e. The van der Waals surface area contributed by atoms with Crippen LogP contribution in [0.4, 0.5) is 0 Å². The molecule has 0 saturated heterocycles. The Hall–Kier alpha value is -0.954. The van der Waals surface area contributed by atoms with Gasteiger partial charge in [-0.1, -0.05) is 0 Å². The molecule has 1 radical (unpaired) electrons. The summed E-state index contributed by atoms with van der Waals surface area (Å²) in [7, 11) is 0. The molecular formula is C12H22CoO14. The minimum Gasteiger partial charge on any atom is -0.547 e. The molecule has 0 aliphatic heterocycles. The van der Waals surface area contributed by atoms with Gasteiger partial charge in [-0.25, -0.2) is 0 Å². The number of hydrogen-bond donors (Lipinski definition) is 10. The summed E-state index contributed by atoms with van der Waals surface area (Å²) in [6.45, 7) is -1.73. The third-order valence-electron chi connectivity index (χ3n) is 2.99. The molecule has 0 bridgehead atoms. The Morgan fingerprint density at radius 2 is 0.815 bits per heavy atom. The Labute approximate surface area is 162 Å². The minimum atomic E-state index is -2.31. The van der Waals surface area contributed by atoms with E-state index in [1.807, 2.05) is 0 Å². The van der Waals surface area contributed by atoms with Crippen molar-refractivity contribution in [1.82, 2.24) is 0 Å². The van der Waals surface area contributed by atoms with Crippen molar-refractivity contribution >= 4 is 11.9 Å². The summed E-state index contributed by atoms with van der Waals surface area (Å²) in [6.07, 6.45) is -16.2. The van der Waals surface area contributed by atoms with Gasteiger partial charge in [0.05, 0.1) is 25.2 Å². The van der Waals surface area contributed by atoms with Gasteiger partial charge < -0.3 is 70.9 Å². The Morgan fingerprint density at radius 1 is 0.593 bits per heavy atom. The number of carboxylic acid groups (broad SMARTS) is 2. The first kappa shape index (κ1) is 30.8. The van der Waals surface area contributed by atoms with E-state index in [1.54, 1.807) is 0 Å². The molecule has 0 aliphatic rings. The van der Waals surface area contributed by atoms with Crippen molar-refractivity contribution < 1.29 is 87.6 Å². The molecule has 0 spiro atoms. The molecule has 0 aromatic carbocycles. The zero-order valence-corrected chi connectivity index (χ0v) is 14.5. The van der Waals surface area contributed by atoms with Crippen molar-refractivity contribution in [3.63, 3.8) is 0 Å². The molecule has 0 aromatic rings. The predicted molar refractivity (Wildman–Crippen MR) is 72.2 cm³/mol. The van der Waals surface area contributed by atoms with Gasteiger partial charge in [-0.15, -0.1) is 0 Å². The van der Waals surface area contributed by atoms with Gasteiger partial charge in [0.2, 0.25) is 0 Å². The Kier molecular flexibility index (Phi) is 17.1. The van der Waals surface area contributed by atoms with Crippen LogP contribution in [0, 0.1) is 0 Å². The zero-order valence-electron chi connectivity index (χ0n) is 13.5. The first-order valence-corrected chi connectivity index (χ1v) is 6.91. The molecule has 0 unspecified atom stereocenters. The summed E-state index contributed by atoms with van der Waals surface area (Å²) in [5.41, 5.74) is 0. The van der Waals surface area contributed by atoms with E-state index in [4.69, 9.17) is 51.1 Å². The van der Waals surface area contributed by atoms with Crippen molar-refractivity contribution in [3.8, 4) is 0 Å². The second kappa shape index (κ2) is 15.0. The summed E-state index contributed by atoms with van der Waals surface area (Å²) in [6, 6.07) is 0. The van der Waals surface area contributed by atoms with Crippen LogP contribution in [0.2, 0.25) is 0 Å². The summed E-state index contributed by atoms with van der Waals surface area (Å²) < 4.78 is 0. The van der Waals surface area contributed by atoms with E-state index in [0.717, 1.165) is 0 Å². The second-order valence-corrected chi connectivity index (χ2v) is 4.99. The molecule has 10 N–H and O–H groups in total. The fourth-order valence-electron chi connectivity index (χ4n) is 1.32. The van der Waals surface area contributed by atoms with Crippen molar-refractivity contribution in [3.05, 3.63) is 0 Å². The number of carbonyl (C=O) groups excluding carboxylic acids is 2. The number of carboxylic acids is 2. The van der Waals surface area contributed by atoms with Crippen molar-refractivity contribution in [2.24, 2.45) is 0 Å². The van der Waals surface area contributed by atoms with Crippen LogP contribution in [0.25, 0.3) is 0 Å². The molecule has 0 aromatic heterocycles. The van der Waals surface area contributed by atoms with Crippen LogP contribution >= 0.6 is 0 Å². The van der Waals surface area contributed by atoms with Crippen LogP contribution < -0.4 is 10.2 Å². The molecule has 0 rings (SSSR count). The van der Waals surface area contributed by atoms with E-state index in [0.29, 0.717) is 0 Å². The van der Waals surface area contributed by atoms with Crippen LogP contribution in [0.3, 0.4) is 0 Å². The van der Waals surface area contributed by atoms with E-state index in [9.17, 15) is 19.8 Å². The summed E-state index contributed by atoms with van der Waals surface area (Å²) >= 11 is 0. The molecule has 0 saturated carbocycles. The van der Waals surface area contributed by atoms with Crippen LogP contribution in [0.5, 0.6) is 0 Å². The van der Waals surface area contributed by atoms with Gasteiger partial charge in [-0.05, 0) is 0 Å². The normalized spacial score (nSPS) is 19.6. The second-order valence-electron chi connectivity index (χ2n) is 4.99. The number of aliphatic hydroxyl groups excluding tert-OH is 10. The summed E-state index contributed by atoms with van der Waals surface area (Å²) in [5, 5.41) is 107. The van der Waals surface area contributed by atoms with E-state index in [-0.39, 0.29) is 16.8 Å². The summed E-state index contributed by atoms with van der Waals surface area (Å²) in [4.78, 5) is 20.0. The molecule has 27 heavy (non-hydrogen) atoms. The SMILES string of the molecule is O=C([O-])[C@H](O)[C@@H](O)[C@H](O)[C@H](O)CO.O=C([O-])[C@H](O)[C@@H](O)[C@H](O)[C@H](O)CO.[Co+2]. The molecule has 0 amide bonds. The molecule has 15 heteroatoms. The molecule has 0 aliphatic carbocycles. The topological polar surface area (TPSA) is 283 Å². The number of carbonyl (C=O) groups is 2. The first-order chi connectivity index (χ1) is 11.8. The average molecular weight is 449 g/mol. The monoisotopic (exact) mass is 449 g/mol. The first-order valence-electron chi connectivity index (χ1n) is 6.91. The predicted octanol–water partition coefficient (Wildman–Crippen LogP) is -9.66. The van der Waals surface area contributed by atoms with E-state index in [2.05, 4.69) is 0 Å². The van der Waals surface area contributed by atoms with Gasteiger partial charge >= 0.3 is 16.8 Å². The molecule has 0 heterocycles. The van der Waals surface area contributed by atoms with Gasteiger partial charge in [-0.2, -0.15) is 0 Å². The van der Waals surface area contributed by atoms with E-state index < -0.39 is 74.0 Å². The fourth-order valence-corrected chi connectivity index (χ4v) is 1.32. The number of aliphatic hydroxyl groups is 10. The maximum atomic E-state index is 9.98. The van der Waals surface area contributed by atoms with Crippen molar-refractivity contribution in [2.45, 2.75) is 48.8 Å². The Balaban J connectivity index is -0.000000411. The zero-order chi connectivity index (χ0) is 21.2. The molecule has 0 fully saturated rings. The van der Waals surface area contributed by atoms with Gasteiger partial charge in [0.25, 0.3) is 0 Å². The average Bonchev–Trinajstić information content (AvgIpc) is 2.62. The number of rotatable bonds is 10. The summed E-state index contributed by atoms with van der Waals surface area (Å²) in [5.74, 6) is -3.95. The van der Waals surface area contributed by atoms with Crippen LogP contribution in [-0.2, 0) is 26.4 Å². The third-order valence-corrected chi connectivity index (χ3v) is 2.99. The van der Waals surface area contributed by atoms with Crippen LogP contribution in [0.1, 0.15) is 0 Å². The van der Waals surface area contributed by atoms with E-state index >= 15 is 0 Å². The quantitative estimate of drug-likeness (QED) is 0.148. The smallest absolute Gasteiger partial charge is 0.547 e. The van der Waals surface area contributed by atoms with E-state index in [1.165, 1.54) is 0 Å². The van der Waals surface area contributed by atoms with Crippen LogP contribution in [0.15, 0.2) is 0 Å². The van der Waals surface area contributed by atoms with Gasteiger partial charge in [0, 0.05) is 0 Å². The Morgan fingerprint density at radius 3 is 0.963 bits per heavy atom. The van der Waals surface area contributed by atoms with Gasteiger partial charge in [0.15, 0.2) is 0 Å².